The topological polar surface area (TPSA) is 49.8 Å². The molecule has 1 N–H and O–H groups in total. The van der Waals surface area contributed by atoms with Crippen LogP contribution >= 0.6 is 0 Å². The molecule has 0 aromatic heterocycles. The van der Waals surface area contributed by atoms with Crippen molar-refractivity contribution in [2.24, 2.45) is 0 Å². The summed E-state index contributed by atoms with van der Waals surface area (Å²) in [6, 6.07) is 0. The summed E-state index contributed by atoms with van der Waals surface area (Å²) in [7, 11) is 0. The first-order valence-corrected chi connectivity index (χ1v) is 6.42. The van der Waals surface area contributed by atoms with Gasteiger partial charge in [0.1, 0.15) is 0 Å². The number of aliphatic hydroxyl groups excluding tert-OH is 1. The Labute approximate surface area is 106 Å². The number of alkyl halides is 2. The lowest BCUT2D eigenvalue weighted by Gasteiger charge is -2.25. The molecule has 1 fully saturated rings. The third-order valence-electron chi connectivity index (χ3n) is 3.04. The molecule has 1 aliphatic rings. The molecule has 4 nitrogen and oxygen atoms in total. The van der Waals surface area contributed by atoms with Crippen LogP contribution in [0.15, 0.2) is 0 Å². The van der Waals surface area contributed by atoms with Gasteiger partial charge in [-0.3, -0.25) is 4.79 Å². The first-order valence-electron chi connectivity index (χ1n) is 6.42. The highest BCUT2D eigenvalue weighted by atomic mass is 19.3. The van der Waals surface area contributed by atoms with Crippen molar-refractivity contribution in [2.75, 3.05) is 26.3 Å². The predicted octanol–water partition coefficient (Wildman–Crippen LogP) is 1.42. The van der Waals surface area contributed by atoms with Crippen LogP contribution in [0.1, 0.15) is 32.1 Å². The molecule has 18 heavy (non-hydrogen) atoms. The van der Waals surface area contributed by atoms with E-state index in [-0.39, 0.29) is 31.6 Å². The van der Waals surface area contributed by atoms with E-state index >= 15 is 0 Å². The number of carbonyl (C=O) groups excluding carboxylic acids is 1. The van der Waals surface area contributed by atoms with Gasteiger partial charge in [-0.15, -0.1) is 0 Å². The van der Waals surface area contributed by atoms with Crippen molar-refractivity contribution in [2.45, 2.75) is 44.6 Å². The molecule has 0 aromatic carbocycles. The van der Waals surface area contributed by atoms with Gasteiger partial charge in [0.15, 0.2) is 0 Å². The van der Waals surface area contributed by atoms with Crippen LogP contribution in [-0.4, -0.2) is 54.7 Å². The first kappa shape index (κ1) is 15.3. The molecule has 0 aliphatic carbocycles. The second-order valence-electron chi connectivity index (χ2n) is 4.48. The predicted molar refractivity (Wildman–Crippen MR) is 62.5 cm³/mol. The Morgan fingerprint density at radius 3 is 2.78 bits per heavy atom. The maximum atomic E-state index is 12.3. The van der Waals surface area contributed by atoms with E-state index in [2.05, 4.69) is 0 Å². The summed E-state index contributed by atoms with van der Waals surface area (Å²) in [5.74, 6) is -0.335. The molecule has 1 aliphatic heterocycles. The van der Waals surface area contributed by atoms with Crippen molar-refractivity contribution < 1.29 is 23.4 Å². The molecule has 1 saturated heterocycles. The molecule has 0 spiro atoms. The highest BCUT2D eigenvalue weighted by molar-refractivity contribution is 5.76. The smallest absolute Gasteiger partial charge is 0.255 e. The summed E-state index contributed by atoms with van der Waals surface area (Å²) in [5.41, 5.74) is 0. The lowest BCUT2D eigenvalue weighted by atomic mass is 10.0. The average Bonchev–Trinajstić information content (AvgIpc) is 2.36. The van der Waals surface area contributed by atoms with Crippen LogP contribution in [0.3, 0.4) is 0 Å². The molecule has 0 radical (unpaired) electrons. The van der Waals surface area contributed by atoms with Gasteiger partial charge in [0.2, 0.25) is 5.91 Å². The molecule has 106 valence electrons. The van der Waals surface area contributed by atoms with Crippen molar-refractivity contribution in [1.82, 2.24) is 4.90 Å². The van der Waals surface area contributed by atoms with Gasteiger partial charge in [0.05, 0.1) is 19.3 Å². The second-order valence-corrected chi connectivity index (χ2v) is 4.48. The Kier molecular flexibility index (Phi) is 7.12. The fourth-order valence-corrected chi connectivity index (χ4v) is 2.08. The summed E-state index contributed by atoms with van der Waals surface area (Å²) >= 11 is 0. The molecule has 0 saturated carbocycles. The largest absolute Gasteiger partial charge is 0.395 e. The van der Waals surface area contributed by atoms with Crippen molar-refractivity contribution in [1.29, 1.82) is 0 Å². The van der Waals surface area contributed by atoms with E-state index in [1.165, 1.54) is 0 Å². The van der Waals surface area contributed by atoms with Crippen molar-refractivity contribution in [3.8, 4) is 0 Å². The number of hydrogen-bond acceptors (Lipinski definition) is 3. The lowest BCUT2D eigenvalue weighted by Crippen LogP contribution is -2.37. The molecule has 1 amide bonds. The van der Waals surface area contributed by atoms with Crippen LogP contribution in [0.5, 0.6) is 0 Å². The number of hydrogen-bond donors (Lipinski definition) is 1. The van der Waals surface area contributed by atoms with Gasteiger partial charge in [0, 0.05) is 19.6 Å². The third-order valence-corrected chi connectivity index (χ3v) is 3.04. The zero-order valence-electron chi connectivity index (χ0n) is 10.5. The van der Waals surface area contributed by atoms with Crippen molar-refractivity contribution >= 4 is 5.91 Å². The second kappa shape index (κ2) is 8.37. The van der Waals surface area contributed by atoms with Crippen LogP contribution in [-0.2, 0) is 9.53 Å². The summed E-state index contributed by atoms with van der Waals surface area (Å²) in [6.45, 7) is -0.214. The van der Waals surface area contributed by atoms with E-state index < -0.39 is 13.0 Å². The normalized spacial score (nSPS) is 20.1. The molecular weight excluding hydrogens is 244 g/mol. The van der Waals surface area contributed by atoms with Crippen LogP contribution in [0, 0.1) is 0 Å². The summed E-state index contributed by atoms with van der Waals surface area (Å²) < 4.78 is 30.0. The van der Waals surface area contributed by atoms with Crippen LogP contribution in [0.4, 0.5) is 8.78 Å². The molecular formula is C12H21F2NO3. The first-order chi connectivity index (χ1) is 8.63. The fourth-order valence-electron chi connectivity index (χ4n) is 2.08. The van der Waals surface area contributed by atoms with E-state index in [0.717, 1.165) is 30.8 Å². The summed E-state index contributed by atoms with van der Waals surface area (Å²) in [6.07, 6.45) is 1.36. The van der Waals surface area contributed by atoms with E-state index in [9.17, 15) is 13.6 Å². The number of aliphatic hydroxyl groups is 1. The average molecular weight is 265 g/mol. The van der Waals surface area contributed by atoms with Gasteiger partial charge in [-0.25, -0.2) is 8.78 Å². The highest BCUT2D eigenvalue weighted by Gasteiger charge is 2.20. The maximum Gasteiger partial charge on any atom is 0.255 e. The zero-order valence-corrected chi connectivity index (χ0v) is 10.5. The SMILES string of the molecule is O=C(CCC1CCCCO1)N(CCO)CC(F)F. The van der Waals surface area contributed by atoms with E-state index in [4.69, 9.17) is 9.84 Å². The van der Waals surface area contributed by atoms with E-state index in [1.54, 1.807) is 0 Å². The Balaban J connectivity index is 2.30. The molecule has 1 heterocycles. The number of carbonyl (C=O) groups is 1. The minimum atomic E-state index is -2.56. The molecule has 1 atom stereocenters. The molecule has 1 unspecified atom stereocenters. The number of nitrogens with zero attached hydrogens (tertiary/aromatic N) is 1. The Morgan fingerprint density at radius 1 is 1.44 bits per heavy atom. The Bertz CT molecular complexity index is 245. The number of ether oxygens (including phenoxy) is 1. The van der Waals surface area contributed by atoms with Gasteiger partial charge < -0.3 is 14.7 Å². The Hall–Kier alpha value is -0.750. The summed E-state index contributed by atoms with van der Waals surface area (Å²) in [5, 5.41) is 8.75. The monoisotopic (exact) mass is 265 g/mol. The highest BCUT2D eigenvalue weighted by Crippen LogP contribution is 2.17. The van der Waals surface area contributed by atoms with Gasteiger partial charge in [-0.2, -0.15) is 0 Å². The standard InChI is InChI=1S/C12H21F2NO3/c13-11(14)9-15(6-7-16)12(17)5-4-10-3-1-2-8-18-10/h10-11,16H,1-9H2. The Morgan fingerprint density at radius 2 is 2.22 bits per heavy atom. The van der Waals surface area contributed by atoms with Gasteiger partial charge >= 0.3 is 0 Å². The van der Waals surface area contributed by atoms with Crippen molar-refractivity contribution in [3.63, 3.8) is 0 Å². The minimum Gasteiger partial charge on any atom is -0.395 e. The van der Waals surface area contributed by atoms with Gasteiger partial charge in [0.25, 0.3) is 6.43 Å². The third kappa shape index (κ3) is 5.73. The molecule has 0 aromatic rings. The quantitative estimate of drug-likeness (QED) is 0.757. The summed E-state index contributed by atoms with van der Waals surface area (Å²) in [4.78, 5) is 12.8. The fraction of sp³-hybridized carbons (Fsp3) is 0.917. The minimum absolute atomic E-state index is 0.0330. The van der Waals surface area contributed by atoms with Crippen LogP contribution < -0.4 is 0 Å². The molecule has 6 heteroatoms. The number of rotatable bonds is 7. The number of halogens is 2. The van der Waals surface area contributed by atoms with Gasteiger partial charge in [-0.05, 0) is 25.7 Å². The van der Waals surface area contributed by atoms with Crippen molar-refractivity contribution in [3.05, 3.63) is 0 Å². The molecule has 1 rings (SSSR count). The lowest BCUT2D eigenvalue weighted by molar-refractivity contribution is -0.134. The van der Waals surface area contributed by atoms with Crippen LogP contribution in [0.2, 0.25) is 0 Å². The maximum absolute atomic E-state index is 12.3. The molecule has 0 bridgehead atoms. The van der Waals surface area contributed by atoms with E-state index in [1.807, 2.05) is 0 Å². The number of amides is 1. The van der Waals surface area contributed by atoms with Crippen LogP contribution in [0.25, 0.3) is 0 Å². The van der Waals surface area contributed by atoms with E-state index in [0.29, 0.717) is 6.42 Å². The zero-order chi connectivity index (χ0) is 13.4. The van der Waals surface area contributed by atoms with Gasteiger partial charge in [-0.1, -0.05) is 0 Å².